The van der Waals surface area contributed by atoms with Crippen LogP contribution in [0.1, 0.15) is 6.92 Å². The van der Waals surface area contributed by atoms with E-state index in [4.69, 9.17) is 9.47 Å². The SMILES string of the molecule is CO[C@H]1O[C@@H](C)[C@@H](O)[C@@H](O)[C@H]1O. The van der Waals surface area contributed by atoms with Crippen molar-refractivity contribution in [3.05, 3.63) is 0 Å². The van der Waals surface area contributed by atoms with Gasteiger partial charge in [0.05, 0.1) is 6.10 Å². The van der Waals surface area contributed by atoms with Gasteiger partial charge in [0.25, 0.3) is 0 Å². The van der Waals surface area contributed by atoms with E-state index in [-0.39, 0.29) is 0 Å². The zero-order valence-electron chi connectivity index (χ0n) is 7.04. The molecule has 1 aliphatic rings. The van der Waals surface area contributed by atoms with Crippen LogP contribution >= 0.6 is 0 Å². The largest absolute Gasteiger partial charge is 0.388 e. The van der Waals surface area contributed by atoms with Gasteiger partial charge in [-0.1, -0.05) is 0 Å². The number of ether oxygens (including phenoxy) is 2. The molecule has 0 aliphatic carbocycles. The second-order valence-corrected chi connectivity index (χ2v) is 2.92. The Morgan fingerprint density at radius 1 is 1.08 bits per heavy atom. The Labute approximate surface area is 70.5 Å². The smallest absolute Gasteiger partial charge is 0.186 e. The van der Waals surface area contributed by atoms with Crippen LogP contribution < -0.4 is 0 Å². The lowest BCUT2D eigenvalue weighted by Gasteiger charge is -2.38. The van der Waals surface area contributed by atoms with Gasteiger partial charge < -0.3 is 24.8 Å². The van der Waals surface area contributed by atoms with Gasteiger partial charge >= 0.3 is 0 Å². The fraction of sp³-hybridized carbons (Fsp3) is 1.00. The maximum absolute atomic E-state index is 9.27. The lowest BCUT2D eigenvalue weighted by Crippen LogP contribution is -2.57. The highest BCUT2D eigenvalue weighted by molar-refractivity contribution is 4.86. The molecule has 0 aromatic heterocycles. The Hall–Kier alpha value is -0.200. The molecule has 1 rings (SSSR count). The summed E-state index contributed by atoms with van der Waals surface area (Å²) in [5.41, 5.74) is 0. The molecule has 0 radical (unpaired) electrons. The van der Waals surface area contributed by atoms with Crippen molar-refractivity contribution < 1.29 is 24.8 Å². The molecule has 0 unspecified atom stereocenters. The molecular formula is C7H14O5. The van der Waals surface area contributed by atoms with E-state index in [1.54, 1.807) is 6.92 Å². The van der Waals surface area contributed by atoms with Gasteiger partial charge in [-0.2, -0.15) is 0 Å². The first kappa shape index (κ1) is 9.88. The van der Waals surface area contributed by atoms with Crippen LogP contribution in [0, 0.1) is 0 Å². The monoisotopic (exact) mass is 178 g/mol. The van der Waals surface area contributed by atoms with Gasteiger partial charge in [0.2, 0.25) is 0 Å². The van der Waals surface area contributed by atoms with Gasteiger partial charge in [-0.15, -0.1) is 0 Å². The Morgan fingerprint density at radius 3 is 2.17 bits per heavy atom. The first-order valence-electron chi connectivity index (χ1n) is 3.80. The third kappa shape index (κ3) is 1.60. The Bertz CT molecular complexity index is 146. The van der Waals surface area contributed by atoms with Crippen LogP contribution in [-0.2, 0) is 9.47 Å². The molecule has 1 saturated heterocycles. The Kier molecular flexibility index (Phi) is 3.03. The average molecular weight is 178 g/mol. The fourth-order valence-corrected chi connectivity index (χ4v) is 1.21. The molecule has 3 N–H and O–H groups in total. The van der Waals surface area contributed by atoms with Crippen LogP contribution in [0.3, 0.4) is 0 Å². The molecule has 1 aliphatic heterocycles. The van der Waals surface area contributed by atoms with Gasteiger partial charge in [0.15, 0.2) is 6.29 Å². The van der Waals surface area contributed by atoms with E-state index in [1.165, 1.54) is 7.11 Å². The Balaban J connectivity index is 2.63. The topological polar surface area (TPSA) is 79.2 Å². The molecule has 5 heteroatoms. The minimum atomic E-state index is -1.21. The summed E-state index contributed by atoms with van der Waals surface area (Å²) in [4.78, 5) is 0. The van der Waals surface area contributed by atoms with E-state index in [2.05, 4.69) is 0 Å². The van der Waals surface area contributed by atoms with Crippen molar-refractivity contribution >= 4 is 0 Å². The second kappa shape index (κ2) is 3.68. The minimum absolute atomic E-state index is 0.534. The van der Waals surface area contributed by atoms with Crippen molar-refractivity contribution in [3.63, 3.8) is 0 Å². The van der Waals surface area contributed by atoms with Crippen LogP contribution in [0.4, 0.5) is 0 Å². The van der Waals surface area contributed by atoms with E-state index in [9.17, 15) is 15.3 Å². The van der Waals surface area contributed by atoms with E-state index < -0.39 is 30.7 Å². The van der Waals surface area contributed by atoms with E-state index in [0.717, 1.165) is 0 Å². The number of aliphatic hydroxyl groups is 3. The molecule has 12 heavy (non-hydrogen) atoms. The number of hydrogen-bond acceptors (Lipinski definition) is 5. The highest BCUT2D eigenvalue weighted by atomic mass is 16.7. The van der Waals surface area contributed by atoms with Crippen molar-refractivity contribution in [2.45, 2.75) is 37.6 Å². The summed E-state index contributed by atoms with van der Waals surface area (Å²) in [6, 6.07) is 0. The second-order valence-electron chi connectivity index (χ2n) is 2.92. The Morgan fingerprint density at radius 2 is 1.67 bits per heavy atom. The highest BCUT2D eigenvalue weighted by Gasteiger charge is 2.41. The molecule has 5 nitrogen and oxygen atoms in total. The van der Waals surface area contributed by atoms with E-state index in [1.807, 2.05) is 0 Å². The van der Waals surface area contributed by atoms with Crippen molar-refractivity contribution in [2.24, 2.45) is 0 Å². The minimum Gasteiger partial charge on any atom is -0.388 e. The zero-order valence-corrected chi connectivity index (χ0v) is 7.04. The molecule has 0 aromatic carbocycles. The lowest BCUT2D eigenvalue weighted by atomic mass is 10.0. The molecule has 0 spiro atoms. The summed E-state index contributed by atoms with van der Waals surface area (Å²) in [6.45, 7) is 1.60. The molecule has 0 saturated carbocycles. The number of methoxy groups -OCH3 is 1. The van der Waals surface area contributed by atoms with Crippen LogP contribution in [0.5, 0.6) is 0 Å². The molecule has 0 bridgehead atoms. The summed E-state index contributed by atoms with van der Waals surface area (Å²) in [7, 11) is 1.37. The van der Waals surface area contributed by atoms with Crippen LogP contribution in [0.15, 0.2) is 0 Å². The standard InChI is InChI=1S/C7H14O5/c1-3-4(8)5(9)6(10)7(11-2)12-3/h3-10H,1-2H3/t3-,4+,5+,6+,7-/m0/s1. The summed E-state index contributed by atoms with van der Waals surface area (Å²) in [5, 5.41) is 27.8. The van der Waals surface area contributed by atoms with Crippen molar-refractivity contribution in [1.29, 1.82) is 0 Å². The van der Waals surface area contributed by atoms with Gasteiger partial charge in [-0.25, -0.2) is 0 Å². The maximum Gasteiger partial charge on any atom is 0.186 e. The molecule has 72 valence electrons. The normalized spacial score (nSPS) is 49.2. The summed E-state index contributed by atoms with van der Waals surface area (Å²) in [6.07, 6.45) is -4.86. The van der Waals surface area contributed by atoms with Gasteiger partial charge in [0, 0.05) is 7.11 Å². The number of rotatable bonds is 1. The third-order valence-corrected chi connectivity index (χ3v) is 2.04. The predicted molar refractivity (Wildman–Crippen MR) is 39.4 cm³/mol. The summed E-state index contributed by atoms with van der Waals surface area (Å²) in [5.74, 6) is 0. The lowest BCUT2D eigenvalue weighted by molar-refractivity contribution is -0.286. The predicted octanol–water partition coefficient (Wildman–Crippen LogP) is -1.54. The first-order chi connectivity index (χ1) is 5.57. The number of hydrogen-bond donors (Lipinski definition) is 3. The van der Waals surface area contributed by atoms with Crippen LogP contribution in [0.25, 0.3) is 0 Å². The molecule has 1 heterocycles. The molecule has 5 atom stereocenters. The van der Waals surface area contributed by atoms with Crippen molar-refractivity contribution in [3.8, 4) is 0 Å². The third-order valence-electron chi connectivity index (χ3n) is 2.04. The van der Waals surface area contributed by atoms with Crippen LogP contribution in [0.2, 0.25) is 0 Å². The van der Waals surface area contributed by atoms with Crippen molar-refractivity contribution in [1.82, 2.24) is 0 Å². The highest BCUT2D eigenvalue weighted by Crippen LogP contribution is 2.20. The molecule has 0 aromatic rings. The molecule has 1 fully saturated rings. The fourth-order valence-electron chi connectivity index (χ4n) is 1.21. The van der Waals surface area contributed by atoms with Gasteiger partial charge in [-0.3, -0.25) is 0 Å². The maximum atomic E-state index is 9.27. The molecular weight excluding hydrogens is 164 g/mol. The zero-order chi connectivity index (χ0) is 9.30. The number of aliphatic hydroxyl groups excluding tert-OH is 3. The van der Waals surface area contributed by atoms with Crippen LogP contribution in [-0.4, -0.2) is 53.1 Å². The van der Waals surface area contributed by atoms with Crippen molar-refractivity contribution in [2.75, 3.05) is 7.11 Å². The summed E-state index contributed by atoms with van der Waals surface area (Å²) < 4.78 is 9.80. The van der Waals surface area contributed by atoms with E-state index in [0.29, 0.717) is 0 Å². The average Bonchev–Trinajstić information content (AvgIpc) is 2.08. The summed E-state index contributed by atoms with van der Waals surface area (Å²) >= 11 is 0. The quantitative estimate of drug-likeness (QED) is 0.453. The van der Waals surface area contributed by atoms with Gasteiger partial charge in [-0.05, 0) is 6.92 Å². The van der Waals surface area contributed by atoms with E-state index >= 15 is 0 Å². The molecule has 0 amide bonds. The van der Waals surface area contributed by atoms with Gasteiger partial charge in [0.1, 0.15) is 18.3 Å². The first-order valence-corrected chi connectivity index (χ1v) is 3.80.